The summed E-state index contributed by atoms with van der Waals surface area (Å²) in [6, 6.07) is 0. The minimum Gasteiger partial charge on any atom is -0.501 e. The van der Waals surface area contributed by atoms with Crippen molar-refractivity contribution in [1.82, 2.24) is 0 Å². The Hall–Kier alpha value is -1.06. The van der Waals surface area contributed by atoms with Crippen molar-refractivity contribution in [3.63, 3.8) is 0 Å². The van der Waals surface area contributed by atoms with Crippen molar-refractivity contribution in [3.05, 3.63) is 12.3 Å². The van der Waals surface area contributed by atoms with Crippen LogP contribution in [0.1, 0.15) is 13.3 Å². The average Bonchev–Trinajstić information content (AvgIpc) is 1.98. The van der Waals surface area contributed by atoms with Gasteiger partial charge in [0.25, 0.3) is 0 Å². The molecule has 58 valence electrons. The third kappa shape index (κ3) is 5.08. The number of carbonyl (C=O) groups excluding carboxylic acids is 1. The van der Waals surface area contributed by atoms with Crippen LogP contribution in [0.25, 0.3) is 0 Å². The van der Waals surface area contributed by atoms with Gasteiger partial charge in [0.05, 0.1) is 19.3 Å². The number of ether oxygens (including phenoxy) is 1. The molecule has 0 rings (SSSR count). The van der Waals surface area contributed by atoms with Crippen LogP contribution in [-0.2, 0) is 14.5 Å². The van der Waals surface area contributed by atoms with E-state index in [0.29, 0.717) is 0 Å². The van der Waals surface area contributed by atoms with Crippen molar-refractivity contribution in [2.24, 2.45) is 0 Å². The standard InChI is InChI=1S/C6H9FO3/c1-2-4-9-5-3-6(8)10-7/h2,4H,3,5H2,1H3. The number of hydrogen-bond donors (Lipinski definition) is 0. The molecule has 0 aliphatic carbocycles. The lowest BCUT2D eigenvalue weighted by atomic mass is 10.5. The fourth-order valence-electron chi connectivity index (χ4n) is 0.345. The first-order valence-electron chi connectivity index (χ1n) is 2.85. The van der Waals surface area contributed by atoms with Crippen LogP contribution in [0.2, 0.25) is 0 Å². The van der Waals surface area contributed by atoms with E-state index in [9.17, 15) is 9.32 Å². The highest BCUT2D eigenvalue weighted by Crippen LogP contribution is 1.88. The molecule has 0 N–H and O–H groups in total. The van der Waals surface area contributed by atoms with E-state index in [1.165, 1.54) is 6.26 Å². The third-order valence-electron chi connectivity index (χ3n) is 0.742. The third-order valence-corrected chi connectivity index (χ3v) is 0.742. The molecule has 10 heavy (non-hydrogen) atoms. The number of carbonyl (C=O) groups is 1. The molecule has 0 aliphatic heterocycles. The monoisotopic (exact) mass is 148 g/mol. The minimum atomic E-state index is -0.912. The quantitative estimate of drug-likeness (QED) is 0.446. The van der Waals surface area contributed by atoms with Crippen LogP contribution in [0.3, 0.4) is 0 Å². The van der Waals surface area contributed by atoms with Gasteiger partial charge in [-0.3, -0.25) is 4.94 Å². The molecule has 0 amide bonds. The Kier molecular flexibility index (Phi) is 5.42. The van der Waals surface area contributed by atoms with E-state index in [1.54, 1.807) is 13.0 Å². The van der Waals surface area contributed by atoms with Crippen molar-refractivity contribution in [3.8, 4) is 0 Å². The van der Waals surface area contributed by atoms with Crippen molar-refractivity contribution in [1.29, 1.82) is 0 Å². The van der Waals surface area contributed by atoms with Crippen LogP contribution >= 0.6 is 0 Å². The van der Waals surface area contributed by atoms with Crippen molar-refractivity contribution in [2.45, 2.75) is 13.3 Å². The molecule has 0 radical (unpaired) electrons. The topological polar surface area (TPSA) is 35.5 Å². The van der Waals surface area contributed by atoms with Crippen molar-refractivity contribution >= 4 is 5.97 Å². The number of halogens is 1. The molecule has 0 atom stereocenters. The smallest absolute Gasteiger partial charge is 0.352 e. The van der Waals surface area contributed by atoms with Gasteiger partial charge < -0.3 is 4.74 Å². The maximum atomic E-state index is 11.0. The molecule has 0 aromatic carbocycles. The molecule has 4 heteroatoms. The average molecular weight is 148 g/mol. The zero-order chi connectivity index (χ0) is 7.82. The first-order valence-corrected chi connectivity index (χ1v) is 2.85. The van der Waals surface area contributed by atoms with Gasteiger partial charge in [-0.25, -0.2) is 4.79 Å². The second kappa shape index (κ2) is 6.07. The zero-order valence-corrected chi connectivity index (χ0v) is 5.67. The normalized spacial score (nSPS) is 9.80. The Labute approximate surface area is 58.3 Å². The predicted octanol–water partition coefficient (Wildman–Crippen LogP) is 1.35. The summed E-state index contributed by atoms with van der Waals surface area (Å²) in [4.78, 5) is 13.0. The summed E-state index contributed by atoms with van der Waals surface area (Å²) in [5, 5.41) is 0. The second-order valence-corrected chi connectivity index (χ2v) is 1.54. The lowest BCUT2D eigenvalue weighted by Gasteiger charge is -1.95. The lowest BCUT2D eigenvalue weighted by molar-refractivity contribution is -0.184. The van der Waals surface area contributed by atoms with E-state index in [2.05, 4.69) is 4.94 Å². The summed E-state index contributed by atoms with van der Waals surface area (Å²) in [6.45, 7) is 1.92. The lowest BCUT2D eigenvalue weighted by Crippen LogP contribution is -2.01. The SMILES string of the molecule is CC=COCCC(=O)OF. The molecule has 0 aromatic heterocycles. The number of hydrogen-bond acceptors (Lipinski definition) is 3. The van der Waals surface area contributed by atoms with Gasteiger partial charge in [-0.1, -0.05) is 6.08 Å². The molecule has 0 heterocycles. The van der Waals surface area contributed by atoms with Crippen LogP contribution < -0.4 is 0 Å². The Balaban J connectivity index is 3.11. The van der Waals surface area contributed by atoms with E-state index in [-0.39, 0.29) is 13.0 Å². The Morgan fingerprint density at radius 2 is 2.40 bits per heavy atom. The van der Waals surface area contributed by atoms with Gasteiger partial charge in [-0.15, -0.1) is 0 Å². The van der Waals surface area contributed by atoms with E-state index in [1.807, 2.05) is 0 Å². The molecular formula is C6H9FO3. The van der Waals surface area contributed by atoms with Crippen LogP contribution in [0, 0.1) is 0 Å². The maximum absolute atomic E-state index is 11.0. The summed E-state index contributed by atoms with van der Waals surface area (Å²) in [5.74, 6) is -0.912. The molecule has 0 saturated heterocycles. The molecule has 0 aromatic rings. The minimum absolute atomic E-state index is 0.0686. The van der Waals surface area contributed by atoms with Gasteiger partial charge in [0.1, 0.15) is 0 Å². The van der Waals surface area contributed by atoms with E-state index >= 15 is 0 Å². The molecule has 0 saturated carbocycles. The van der Waals surface area contributed by atoms with Gasteiger partial charge >= 0.3 is 5.97 Å². The van der Waals surface area contributed by atoms with Gasteiger partial charge in [-0.05, 0) is 6.92 Å². The number of rotatable bonds is 4. The molecule has 0 aliphatic rings. The van der Waals surface area contributed by atoms with Crippen molar-refractivity contribution < 1.29 is 19.0 Å². The highest BCUT2D eigenvalue weighted by molar-refractivity contribution is 5.68. The second-order valence-electron chi connectivity index (χ2n) is 1.54. The van der Waals surface area contributed by atoms with Gasteiger partial charge in [0.2, 0.25) is 0 Å². The van der Waals surface area contributed by atoms with Gasteiger partial charge in [0.15, 0.2) is 0 Å². The zero-order valence-electron chi connectivity index (χ0n) is 5.67. The molecule has 0 unspecified atom stereocenters. The summed E-state index contributed by atoms with van der Waals surface area (Å²) in [7, 11) is 0. The molecule has 0 spiro atoms. The van der Waals surface area contributed by atoms with E-state index in [4.69, 9.17) is 4.74 Å². The van der Waals surface area contributed by atoms with E-state index < -0.39 is 5.97 Å². The fraction of sp³-hybridized carbons (Fsp3) is 0.500. The van der Waals surface area contributed by atoms with Crippen LogP contribution in [-0.4, -0.2) is 12.6 Å². The highest BCUT2D eigenvalue weighted by Gasteiger charge is 2.00. The molecule has 0 fully saturated rings. The van der Waals surface area contributed by atoms with Crippen LogP contribution in [0.15, 0.2) is 12.3 Å². The largest absolute Gasteiger partial charge is 0.501 e. The molecule has 0 bridgehead atoms. The predicted molar refractivity (Wildman–Crippen MR) is 32.6 cm³/mol. The maximum Gasteiger partial charge on any atom is 0.352 e. The summed E-state index contributed by atoms with van der Waals surface area (Å²) in [6.07, 6.45) is 3.02. The molecular weight excluding hydrogens is 139 g/mol. The van der Waals surface area contributed by atoms with Crippen LogP contribution in [0.4, 0.5) is 4.53 Å². The summed E-state index contributed by atoms with van der Waals surface area (Å²) >= 11 is 0. The molecule has 3 nitrogen and oxygen atoms in total. The van der Waals surface area contributed by atoms with Crippen LogP contribution in [0.5, 0.6) is 0 Å². The summed E-state index contributed by atoms with van der Waals surface area (Å²) in [5.41, 5.74) is 0. The first-order chi connectivity index (χ1) is 4.81. The fourth-order valence-corrected chi connectivity index (χ4v) is 0.345. The summed E-state index contributed by atoms with van der Waals surface area (Å²) < 4.78 is 15.7. The number of allylic oxidation sites excluding steroid dienone is 1. The van der Waals surface area contributed by atoms with E-state index in [0.717, 1.165) is 0 Å². The Morgan fingerprint density at radius 1 is 1.70 bits per heavy atom. The Morgan fingerprint density at radius 3 is 2.90 bits per heavy atom. The van der Waals surface area contributed by atoms with Gasteiger partial charge in [-0.2, -0.15) is 0 Å². The van der Waals surface area contributed by atoms with Gasteiger partial charge in [0, 0.05) is 4.53 Å². The highest BCUT2D eigenvalue weighted by atomic mass is 19.3. The van der Waals surface area contributed by atoms with Crippen molar-refractivity contribution in [2.75, 3.05) is 6.61 Å². The Bertz CT molecular complexity index is 122. The first kappa shape index (κ1) is 8.94.